The Morgan fingerprint density at radius 2 is 2.00 bits per heavy atom. The van der Waals surface area contributed by atoms with Crippen molar-refractivity contribution in [2.75, 3.05) is 12.4 Å². The fraction of sp³-hybridized carbons (Fsp3) is 0.273. The molecule has 4 aromatic rings. The molecule has 0 bridgehead atoms. The number of anilines is 1. The van der Waals surface area contributed by atoms with E-state index in [0.717, 1.165) is 11.1 Å². The van der Waals surface area contributed by atoms with E-state index >= 15 is 0 Å². The molecule has 0 unspecified atom stereocenters. The summed E-state index contributed by atoms with van der Waals surface area (Å²) in [6.07, 6.45) is -3.51. The SMILES string of the molecule is CNC(=O)[C@H]1O[C@@H](n2cnc3c(NCc4ccccc4)nc(-c4ccsc4)nc32)[C@H](O)[C@@H]1O. The molecule has 4 N–H and O–H groups in total. The van der Waals surface area contributed by atoms with Gasteiger partial charge in [0.2, 0.25) is 0 Å². The number of nitrogens with zero attached hydrogens (tertiary/aromatic N) is 4. The Morgan fingerprint density at radius 1 is 1.18 bits per heavy atom. The number of ether oxygens (including phenoxy) is 1. The monoisotopic (exact) mass is 466 g/mol. The highest BCUT2D eigenvalue weighted by molar-refractivity contribution is 7.08. The molecule has 11 heteroatoms. The predicted octanol–water partition coefficient (Wildman–Crippen LogP) is 1.53. The lowest BCUT2D eigenvalue weighted by Gasteiger charge is -2.17. The predicted molar refractivity (Wildman–Crippen MR) is 122 cm³/mol. The van der Waals surface area contributed by atoms with Crippen LogP contribution in [0, 0.1) is 0 Å². The van der Waals surface area contributed by atoms with E-state index in [9.17, 15) is 15.0 Å². The minimum atomic E-state index is -1.39. The number of amides is 1. The van der Waals surface area contributed by atoms with Gasteiger partial charge in [-0.2, -0.15) is 11.3 Å². The smallest absolute Gasteiger partial charge is 0.251 e. The van der Waals surface area contributed by atoms with Crippen LogP contribution in [-0.2, 0) is 16.1 Å². The maximum Gasteiger partial charge on any atom is 0.251 e. The molecular weight excluding hydrogens is 444 g/mol. The van der Waals surface area contributed by atoms with Gasteiger partial charge in [-0.15, -0.1) is 0 Å². The highest BCUT2D eigenvalue weighted by Gasteiger charge is 2.47. The van der Waals surface area contributed by atoms with Gasteiger partial charge in [-0.25, -0.2) is 15.0 Å². The lowest BCUT2D eigenvalue weighted by molar-refractivity contribution is -0.137. The van der Waals surface area contributed by atoms with Crippen LogP contribution >= 0.6 is 11.3 Å². The summed E-state index contributed by atoms with van der Waals surface area (Å²) in [5.41, 5.74) is 2.81. The number of imidazole rings is 1. The number of benzene rings is 1. The van der Waals surface area contributed by atoms with Crippen LogP contribution < -0.4 is 10.6 Å². The molecule has 1 fully saturated rings. The molecule has 1 saturated heterocycles. The second kappa shape index (κ2) is 8.87. The van der Waals surface area contributed by atoms with Crippen molar-refractivity contribution in [2.24, 2.45) is 0 Å². The molecule has 170 valence electrons. The summed E-state index contributed by atoms with van der Waals surface area (Å²) in [6, 6.07) is 11.8. The van der Waals surface area contributed by atoms with Crippen LogP contribution in [0.25, 0.3) is 22.6 Å². The van der Waals surface area contributed by atoms with Crippen molar-refractivity contribution < 1.29 is 19.7 Å². The Kier molecular flexibility index (Phi) is 5.77. The van der Waals surface area contributed by atoms with Crippen LogP contribution in [-0.4, -0.2) is 61.0 Å². The highest BCUT2D eigenvalue weighted by atomic mass is 32.1. The first-order valence-corrected chi connectivity index (χ1v) is 11.3. The number of aliphatic hydroxyl groups is 2. The number of aliphatic hydroxyl groups excluding tert-OH is 2. The van der Waals surface area contributed by atoms with Crippen LogP contribution in [0.4, 0.5) is 5.82 Å². The Balaban J connectivity index is 1.56. The standard InChI is InChI=1S/C22H22N6O4S/c1-23-21(31)17-15(29)16(30)22(32-17)28-11-25-14-19(24-9-12-5-3-2-4-6-12)26-18(27-20(14)28)13-7-8-33-10-13/h2-8,10-11,15-17,22,29-30H,9H2,1H3,(H,23,31)(H,24,26,27)/t15-,16+,17-,22+/m0/s1. The molecule has 0 radical (unpaired) electrons. The van der Waals surface area contributed by atoms with E-state index in [2.05, 4.69) is 25.6 Å². The zero-order chi connectivity index (χ0) is 22.9. The summed E-state index contributed by atoms with van der Waals surface area (Å²) in [7, 11) is 1.44. The number of likely N-dealkylation sites (N-methyl/N-ethyl adjacent to an activating group) is 1. The van der Waals surface area contributed by atoms with Gasteiger partial charge >= 0.3 is 0 Å². The second-order valence-electron chi connectivity index (χ2n) is 7.61. The average molecular weight is 467 g/mol. The van der Waals surface area contributed by atoms with Gasteiger partial charge in [0.1, 0.15) is 12.2 Å². The van der Waals surface area contributed by atoms with Gasteiger partial charge in [-0.05, 0) is 17.0 Å². The molecule has 1 aliphatic heterocycles. The molecule has 33 heavy (non-hydrogen) atoms. The van der Waals surface area contributed by atoms with E-state index in [1.165, 1.54) is 29.3 Å². The summed E-state index contributed by atoms with van der Waals surface area (Å²) < 4.78 is 7.25. The molecule has 1 aromatic carbocycles. The summed E-state index contributed by atoms with van der Waals surface area (Å²) in [5, 5.41) is 30.6. The Labute approximate surface area is 192 Å². The van der Waals surface area contributed by atoms with E-state index in [-0.39, 0.29) is 0 Å². The number of fused-ring (bicyclic) bond motifs is 1. The molecule has 0 aliphatic carbocycles. The average Bonchev–Trinajstić information content (AvgIpc) is 3.58. The Bertz CT molecular complexity index is 1260. The van der Waals surface area contributed by atoms with Gasteiger partial charge in [-0.3, -0.25) is 9.36 Å². The zero-order valence-corrected chi connectivity index (χ0v) is 18.4. The van der Waals surface area contributed by atoms with E-state index in [1.807, 2.05) is 47.2 Å². The van der Waals surface area contributed by atoms with Crippen molar-refractivity contribution in [3.63, 3.8) is 0 Å². The van der Waals surface area contributed by atoms with Crippen LogP contribution in [0.5, 0.6) is 0 Å². The van der Waals surface area contributed by atoms with Crippen molar-refractivity contribution in [3.05, 3.63) is 59.0 Å². The van der Waals surface area contributed by atoms with Gasteiger partial charge in [0.05, 0.1) is 6.33 Å². The first-order valence-electron chi connectivity index (χ1n) is 10.3. The highest BCUT2D eigenvalue weighted by Crippen LogP contribution is 2.34. The lowest BCUT2D eigenvalue weighted by atomic mass is 10.1. The van der Waals surface area contributed by atoms with Crippen LogP contribution in [0.3, 0.4) is 0 Å². The van der Waals surface area contributed by atoms with Crippen molar-refractivity contribution in [3.8, 4) is 11.4 Å². The molecule has 1 amide bonds. The molecule has 4 heterocycles. The third-order valence-electron chi connectivity index (χ3n) is 5.52. The maximum absolute atomic E-state index is 12.1. The maximum atomic E-state index is 12.1. The van der Waals surface area contributed by atoms with E-state index in [1.54, 1.807) is 0 Å². The van der Waals surface area contributed by atoms with Crippen molar-refractivity contribution in [2.45, 2.75) is 31.1 Å². The number of carbonyl (C=O) groups excluding carboxylic acids is 1. The summed E-state index contributed by atoms with van der Waals surface area (Å²) >= 11 is 1.53. The molecule has 1 aliphatic rings. The minimum absolute atomic E-state index is 0.413. The van der Waals surface area contributed by atoms with Crippen LogP contribution in [0.15, 0.2) is 53.5 Å². The van der Waals surface area contributed by atoms with Crippen molar-refractivity contribution in [1.29, 1.82) is 0 Å². The number of hydrogen-bond acceptors (Lipinski definition) is 9. The van der Waals surface area contributed by atoms with Crippen LogP contribution in [0.1, 0.15) is 11.8 Å². The van der Waals surface area contributed by atoms with Gasteiger partial charge in [-0.1, -0.05) is 30.3 Å². The number of carbonyl (C=O) groups is 1. The number of hydrogen-bond donors (Lipinski definition) is 4. The summed E-state index contributed by atoms with van der Waals surface area (Å²) in [5.74, 6) is 0.490. The molecule has 3 aromatic heterocycles. The largest absolute Gasteiger partial charge is 0.387 e. The number of thiophene rings is 1. The molecule has 4 atom stereocenters. The van der Waals surface area contributed by atoms with E-state index < -0.39 is 30.4 Å². The summed E-state index contributed by atoms with van der Waals surface area (Å²) in [6.45, 7) is 0.531. The second-order valence-corrected chi connectivity index (χ2v) is 8.39. The third-order valence-corrected chi connectivity index (χ3v) is 6.20. The van der Waals surface area contributed by atoms with Gasteiger partial charge in [0.15, 0.2) is 35.1 Å². The number of rotatable bonds is 6. The zero-order valence-electron chi connectivity index (χ0n) is 17.6. The molecule has 0 saturated carbocycles. The molecule has 10 nitrogen and oxygen atoms in total. The first-order chi connectivity index (χ1) is 16.1. The van der Waals surface area contributed by atoms with E-state index in [0.29, 0.717) is 29.4 Å². The normalized spacial score (nSPS) is 22.5. The lowest BCUT2D eigenvalue weighted by Crippen LogP contribution is -2.41. The Morgan fingerprint density at radius 3 is 2.73 bits per heavy atom. The van der Waals surface area contributed by atoms with Crippen molar-refractivity contribution in [1.82, 2.24) is 24.8 Å². The van der Waals surface area contributed by atoms with Gasteiger partial charge in [0, 0.05) is 24.5 Å². The molecular formula is C22H22N6O4S. The molecule has 0 spiro atoms. The minimum Gasteiger partial charge on any atom is -0.387 e. The quantitative estimate of drug-likeness (QED) is 0.336. The third kappa shape index (κ3) is 3.95. The fourth-order valence-corrected chi connectivity index (χ4v) is 4.41. The van der Waals surface area contributed by atoms with Crippen LogP contribution in [0.2, 0.25) is 0 Å². The first kappa shape index (κ1) is 21.5. The molecule has 5 rings (SSSR count). The number of aromatic nitrogens is 4. The van der Waals surface area contributed by atoms with Gasteiger partial charge < -0.3 is 25.6 Å². The summed E-state index contributed by atoms with van der Waals surface area (Å²) in [4.78, 5) is 25.9. The number of nitrogens with one attached hydrogen (secondary N) is 2. The Hall–Kier alpha value is -3.38. The van der Waals surface area contributed by atoms with E-state index in [4.69, 9.17) is 4.74 Å². The van der Waals surface area contributed by atoms with Gasteiger partial charge in [0.25, 0.3) is 5.91 Å². The topological polar surface area (TPSA) is 134 Å². The van der Waals surface area contributed by atoms with Crippen molar-refractivity contribution >= 4 is 34.2 Å². The fourth-order valence-electron chi connectivity index (χ4n) is 3.78.